The first-order valence-corrected chi connectivity index (χ1v) is 14.8. The average molecular weight is 592 g/mol. The highest BCUT2D eigenvalue weighted by atomic mass is 32.2. The van der Waals surface area contributed by atoms with E-state index in [-0.39, 0.29) is 24.3 Å². The lowest BCUT2D eigenvalue weighted by Gasteiger charge is -2.28. The summed E-state index contributed by atoms with van der Waals surface area (Å²) in [5, 5.41) is 16.6. The molecule has 13 heteroatoms. The zero-order valence-corrected chi connectivity index (χ0v) is 22.8. The van der Waals surface area contributed by atoms with Gasteiger partial charge in [0.2, 0.25) is 5.91 Å². The third-order valence-electron chi connectivity index (χ3n) is 6.89. The van der Waals surface area contributed by atoms with Crippen LogP contribution < -0.4 is 16.4 Å². The minimum absolute atomic E-state index is 0.116. The van der Waals surface area contributed by atoms with E-state index in [4.69, 9.17) is 5.73 Å². The molecule has 3 atom stereocenters. The Bertz CT molecular complexity index is 1260. The first-order valence-electron chi connectivity index (χ1n) is 13.0. The van der Waals surface area contributed by atoms with Crippen molar-refractivity contribution in [1.82, 2.24) is 10.6 Å². The number of aliphatic hydroxyl groups is 1. The Kier molecular flexibility index (Phi) is 10.3. The van der Waals surface area contributed by atoms with E-state index in [0.717, 1.165) is 24.3 Å². The van der Waals surface area contributed by atoms with E-state index in [2.05, 4.69) is 10.6 Å². The van der Waals surface area contributed by atoms with Crippen LogP contribution in [0.4, 0.5) is 22.0 Å². The van der Waals surface area contributed by atoms with Crippen molar-refractivity contribution in [2.24, 2.45) is 5.73 Å². The van der Waals surface area contributed by atoms with Crippen molar-refractivity contribution in [1.29, 1.82) is 0 Å². The molecule has 5 N–H and O–H groups in total. The molecule has 222 valence electrons. The topological polar surface area (TPSA) is 122 Å². The fourth-order valence-electron chi connectivity index (χ4n) is 4.48. The van der Waals surface area contributed by atoms with Crippen LogP contribution in [0.25, 0.3) is 0 Å². The number of aliphatic hydroxyl groups excluding tert-OH is 1. The Morgan fingerprint density at radius 3 is 2.35 bits per heavy atom. The average Bonchev–Trinajstić information content (AvgIpc) is 3.65. The first kappa shape index (κ1) is 31.9. The molecular formula is C27H34F5N3O4S. The molecule has 0 aliphatic heterocycles. The highest BCUT2D eigenvalue weighted by Gasteiger charge is 2.45. The predicted octanol–water partition coefficient (Wildman–Crippen LogP) is 3.19. The van der Waals surface area contributed by atoms with Crippen LogP contribution in [0.2, 0.25) is 0 Å². The number of carbonyl (C=O) groups excluding carboxylic acids is 1. The van der Waals surface area contributed by atoms with Crippen LogP contribution in [0.5, 0.6) is 0 Å². The van der Waals surface area contributed by atoms with E-state index in [1.54, 1.807) is 6.07 Å². The molecule has 1 saturated carbocycles. The van der Waals surface area contributed by atoms with Crippen LogP contribution in [-0.2, 0) is 32.8 Å². The lowest BCUT2D eigenvalue weighted by atomic mass is 9.98. The van der Waals surface area contributed by atoms with Crippen LogP contribution in [0.3, 0.4) is 0 Å². The Balaban J connectivity index is 1.75. The number of unbranched alkanes of at least 4 members (excludes halogenated alkanes) is 1. The smallest absolute Gasteiger partial charge is 0.390 e. The van der Waals surface area contributed by atoms with Crippen molar-refractivity contribution in [3.63, 3.8) is 0 Å². The molecule has 1 fully saturated rings. The maximum atomic E-state index is 13.8. The number of alkyl halides is 3. The Hall–Kier alpha value is -2.61. The number of hydrogen-bond donors (Lipinski definition) is 4. The normalized spacial score (nSPS) is 17.2. The van der Waals surface area contributed by atoms with Gasteiger partial charge in [0.15, 0.2) is 9.84 Å². The monoisotopic (exact) mass is 591 g/mol. The van der Waals surface area contributed by atoms with Gasteiger partial charge in [-0.1, -0.05) is 25.5 Å². The third-order valence-corrected chi connectivity index (χ3v) is 8.67. The summed E-state index contributed by atoms with van der Waals surface area (Å²) in [5.41, 5.74) is 4.73. The molecular weight excluding hydrogens is 557 g/mol. The van der Waals surface area contributed by atoms with Crippen LogP contribution in [-0.4, -0.2) is 55.7 Å². The van der Waals surface area contributed by atoms with Crippen LogP contribution in [0.15, 0.2) is 42.5 Å². The fourth-order valence-corrected chi connectivity index (χ4v) is 6.07. The summed E-state index contributed by atoms with van der Waals surface area (Å²) in [6.07, 6.45) is -4.07. The number of benzene rings is 2. The van der Waals surface area contributed by atoms with Gasteiger partial charge in [-0.15, -0.1) is 0 Å². The zero-order chi connectivity index (χ0) is 29.7. The first-order chi connectivity index (χ1) is 18.6. The van der Waals surface area contributed by atoms with Crippen LogP contribution in [0.1, 0.15) is 49.3 Å². The molecule has 7 nitrogen and oxygen atoms in total. The summed E-state index contributed by atoms with van der Waals surface area (Å²) >= 11 is 0. The molecule has 3 unspecified atom stereocenters. The Morgan fingerprint density at radius 1 is 1.12 bits per heavy atom. The third kappa shape index (κ3) is 8.95. The molecule has 2 aromatic rings. The van der Waals surface area contributed by atoms with E-state index in [1.165, 1.54) is 6.07 Å². The van der Waals surface area contributed by atoms with Gasteiger partial charge in [-0.2, -0.15) is 13.2 Å². The van der Waals surface area contributed by atoms with Crippen molar-refractivity contribution in [3.05, 3.63) is 70.8 Å². The van der Waals surface area contributed by atoms with Gasteiger partial charge in [-0.25, -0.2) is 17.2 Å². The number of nitrogens with one attached hydrogen (secondary N) is 2. The summed E-state index contributed by atoms with van der Waals surface area (Å²) in [7, 11) is -3.62. The quantitative estimate of drug-likeness (QED) is 0.251. The number of nitrogens with two attached hydrogens (primary N) is 1. The van der Waals surface area contributed by atoms with E-state index in [9.17, 15) is 40.3 Å². The fraction of sp³-hybridized carbons (Fsp3) is 0.519. The number of carbonyl (C=O) groups is 1. The van der Waals surface area contributed by atoms with Crippen LogP contribution in [0, 0.1) is 11.6 Å². The Labute approximate surface area is 230 Å². The van der Waals surface area contributed by atoms with E-state index in [0.29, 0.717) is 37.3 Å². The molecule has 0 saturated heterocycles. The van der Waals surface area contributed by atoms with Crippen molar-refractivity contribution in [3.8, 4) is 0 Å². The van der Waals surface area contributed by atoms with Crippen molar-refractivity contribution in [2.45, 2.75) is 68.9 Å². The molecule has 1 amide bonds. The molecule has 2 aromatic carbocycles. The molecule has 1 aliphatic carbocycles. The van der Waals surface area contributed by atoms with Gasteiger partial charge in [-0.3, -0.25) is 4.79 Å². The standard InChI is InChI=1S/C27H34F5N3O4S/c1-2-3-9-40(38,39)16-22(33)25(37)35-23(12-17-10-20(28)14-21(29)11-17)24(36)15-34-26(7-8-26)18-5-4-6-19(13-18)27(30,31)32/h4-6,10-11,13-14,22-24,34,36H,2-3,7-9,12,15-16,33H2,1H3,(H,35,37). The van der Waals surface area contributed by atoms with E-state index < -0.39 is 68.6 Å². The molecule has 0 radical (unpaired) electrons. The maximum absolute atomic E-state index is 13.8. The van der Waals surface area contributed by atoms with Gasteiger partial charge in [0.25, 0.3) is 0 Å². The van der Waals surface area contributed by atoms with E-state index >= 15 is 0 Å². The molecule has 0 spiro atoms. The highest BCUT2D eigenvalue weighted by Crippen LogP contribution is 2.46. The molecule has 0 aromatic heterocycles. The second kappa shape index (κ2) is 12.9. The minimum Gasteiger partial charge on any atom is -0.390 e. The maximum Gasteiger partial charge on any atom is 0.416 e. The summed E-state index contributed by atoms with van der Waals surface area (Å²) in [4.78, 5) is 12.8. The number of sulfone groups is 1. The SMILES string of the molecule is CCCCS(=O)(=O)CC(N)C(=O)NC(Cc1cc(F)cc(F)c1)C(O)CNC1(c2cccc(C(F)(F)F)c2)CC1. The van der Waals surface area contributed by atoms with Crippen molar-refractivity contribution >= 4 is 15.7 Å². The summed E-state index contributed by atoms with van der Waals surface area (Å²) < 4.78 is 91.8. The van der Waals surface area contributed by atoms with Gasteiger partial charge in [0, 0.05) is 18.2 Å². The summed E-state index contributed by atoms with van der Waals surface area (Å²) in [5.74, 6) is -3.37. The van der Waals surface area contributed by atoms with Crippen molar-refractivity contribution in [2.75, 3.05) is 18.1 Å². The second-order valence-corrected chi connectivity index (χ2v) is 12.5. The van der Waals surface area contributed by atoms with Gasteiger partial charge >= 0.3 is 6.18 Å². The molecule has 0 bridgehead atoms. The van der Waals surface area contributed by atoms with Crippen LogP contribution >= 0.6 is 0 Å². The molecule has 40 heavy (non-hydrogen) atoms. The lowest BCUT2D eigenvalue weighted by Crippen LogP contribution is -2.55. The van der Waals surface area contributed by atoms with Gasteiger partial charge < -0.3 is 21.5 Å². The number of hydrogen-bond acceptors (Lipinski definition) is 6. The number of amides is 1. The summed E-state index contributed by atoms with van der Waals surface area (Å²) in [6, 6.07) is 4.98. The molecule has 0 heterocycles. The largest absolute Gasteiger partial charge is 0.416 e. The Morgan fingerprint density at radius 2 is 1.77 bits per heavy atom. The van der Waals surface area contributed by atoms with Gasteiger partial charge in [0.05, 0.1) is 35.3 Å². The van der Waals surface area contributed by atoms with Gasteiger partial charge in [-0.05, 0) is 61.1 Å². The zero-order valence-electron chi connectivity index (χ0n) is 22.0. The molecule has 1 aliphatic rings. The van der Waals surface area contributed by atoms with Crippen molar-refractivity contribution < 1.29 is 40.3 Å². The number of halogens is 5. The number of rotatable bonds is 14. The summed E-state index contributed by atoms with van der Waals surface area (Å²) in [6.45, 7) is 1.62. The highest BCUT2D eigenvalue weighted by molar-refractivity contribution is 7.91. The van der Waals surface area contributed by atoms with E-state index in [1.807, 2.05) is 6.92 Å². The molecule has 3 rings (SSSR count). The minimum atomic E-state index is -4.52. The lowest BCUT2D eigenvalue weighted by molar-refractivity contribution is -0.137. The van der Waals surface area contributed by atoms with Gasteiger partial charge in [0.1, 0.15) is 11.6 Å². The predicted molar refractivity (Wildman–Crippen MR) is 140 cm³/mol. The second-order valence-electron chi connectivity index (χ2n) is 10.3.